The molecule has 2 aromatic heterocycles. The third-order valence-corrected chi connectivity index (χ3v) is 2.32. The van der Waals surface area contributed by atoms with Gasteiger partial charge in [-0.3, -0.25) is 0 Å². The maximum atomic E-state index is 5.74. The minimum atomic E-state index is 0.771. The standard InChI is InChI=1S/C12H13BN2/c1-2-3-4-5-11-12-8-10(13)6-7-15(12)9-14-11/h4-9H,2-3H2,1H3/b5-4+. The number of allylic oxidation sites excluding steroid dienone is 1. The van der Waals surface area contributed by atoms with Crippen LogP contribution in [0, 0.1) is 0 Å². The molecule has 0 amide bonds. The fourth-order valence-electron chi connectivity index (χ4n) is 1.51. The van der Waals surface area contributed by atoms with Crippen molar-refractivity contribution in [3.8, 4) is 0 Å². The van der Waals surface area contributed by atoms with E-state index in [1.54, 1.807) is 6.33 Å². The van der Waals surface area contributed by atoms with Crippen LogP contribution in [0.1, 0.15) is 25.5 Å². The van der Waals surface area contributed by atoms with Crippen LogP contribution in [0.5, 0.6) is 0 Å². The number of fused-ring (bicyclic) bond motifs is 1. The predicted molar refractivity (Wildman–Crippen MR) is 64.5 cm³/mol. The number of hydrogen-bond donors (Lipinski definition) is 0. The summed E-state index contributed by atoms with van der Waals surface area (Å²) in [5.41, 5.74) is 2.81. The lowest BCUT2D eigenvalue weighted by Gasteiger charge is -1.96. The smallest absolute Gasteiger partial charge is 0.113 e. The molecule has 0 aliphatic heterocycles. The summed E-state index contributed by atoms with van der Waals surface area (Å²) in [7, 11) is 5.74. The predicted octanol–water partition coefficient (Wildman–Crippen LogP) is 1.94. The second-order valence-corrected chi connectivity index (χ2v) is 3.57. The first kappa shape index (κ1) is 10.0. The SMILES string of the molecule is [B]c1ccn2cnc(/C=C/CCC)c2c1. The molecule has 0 saturated heterocycles. The lowest BCUT2D eigenvalue weighted by molar-refractivity contribution is 0.962. The molecule has 0 bridgehead atoms. The highest BCUT2D eigenvalue weighted by atomic mass is 15.0. The third-order valence-electron chi connectivity index (χ3n) is 2.32. The van der Waals surface area contributed by atoms with E-state index in [4.69, 9.17) is 7.85 Å². The van der Waals surface area contributed by atoms with Crippen LogP contribution in [-0.4, -0.2) is 17.2 Å². The molecule has 0 aliphatic rings. The van der Waals surface area contributed by atoms with Crippen LogP contribution in [0.3, 0.4) is 0 Å². The third kappa shape index (κ3) is 2.12. The van der Waals surface area contributed by atoms with Crippen molar-refractivity contribution in [2.75, 3.05) is 0 Å². The number of pyridine rings is 1. The fraction of sp³-hybridized carbons (Fsp3) is 0.250. The number of hydrogen-bond acceptors (Lipinski definition) is 1. The van der Waals surface area contributed by atoms with Crippen LogP contribution >= 0.6 is 0 Å². The summed E-state index contributed by atoms with van der Waals surface area (Å²) in [4.78, 5) is 4.33. The van der Waals surface area contributed by atoms with E-state index < -0.39 is 0 Å². The molecule has 3 heteroatoms. The van der Waals surface area contributed by atoms with E-state index in [-0.39, 0.29) is 0 Å². The molecule has 2 aromatic rings. The molecule has 74 valence electrons. The summed E-state index contributed by atoms with van der Waals surface area (Å²) in [6.07, 6.45) is 10.2. The Hall–Kier alpha value is -1.51. The minimum Gasteiger partial charge on any atom is -0.306 e. The van der Waals surface area contributed by atoms with Gasteiger partial charge in [0.05, 0.1) is 17.5 Å². The molecular weight excluding hydrogens is 183 g/mol. The molecule has 0 fully saturated rings. The van der Waals surface area contributed by atoms with Gasteiger partial charge in [-0.05, 0) is 18.6 Å². The molecular formula is C12H13BN2. The van der Waals surface area contributed by atoms with Gasteiger partial charge in [0, 0.05) is 6.20 Å². The maximum Gasteiger partial charge on any atom is 0.113 e. The molecule has 0 unspecified atom stereocenters. The van der Waals surface area contributed by atoms with E-state index in [1.807, 2.05) is 22.7 Å². The van der Waals surface area contributed by atoms with E-state index in [0.29, 0.717) is 0 Å². The van der Waals surface area contributed by atoms with Gasteiger partial charge >= 0.3 is 0 Å². The highest BCUT2D eigenvalue weighted by Crippen LogP contribution is 2.10. The van der Waals surface area contributed by atoms with E-state index in [1.165, 1.54) is 0 Å². The van der Waals surface area contributed by atoms with Gasteiger partial charge in [0.2, 0.25) is 0 Å². The average molecular weight is 196 g/mol. The quantitative estimate of drug-likeness (QED) is 0.685. The topological polar surface area (TPSA) is 17.3 Å². The second kappa shape index (κ2) is 4.34. The summed E-state index contributed by atoms with van der Waals surface area (Å²) >= 11 is 0. The average Bonchev–Trinajstić information content (AvgIpc) is 2.62. The Morgan fingerprint density at radius 3 is 3.20 bits per heavy atom. The zero-order valence-electron chi connectivity index (χ0n) is 8.85. The monoisotopic (exact) mass is 196 g/mol. The van der Waals surface area contributed by atoms with Crippen molar-refractivity contribution in [1.29, 1.82) is 0 Å². The van der Waals surface area contributed by atoms with Crippen LogP contribution in [0.25, 0.3) is 11.6 Å². The van der Waals surface area contributed by atoms with Crippen molar-refractivity contribution < 1.29 is 0 Å². The molecule has 2 heterocycles. The van der Waals surface area contributed by atoms with Gasteiger partial charge in [-0.15, -0.1) is 0 Å². The number of nitrogens with zero attached hydrogens (tertiary/aromatic N) is 2. The Balaban J connectivity index is 2.39. The first-order valence-corrected chi connectivity index (χ1v) is 5.20. The first-order valence-electron chi connectivity index (χ1n) is 5.20. The summed E-state index contributed by atoms with van der Waals surface area (Å²) in [6.45, 7) is 2.16. The van der Waals surface area contributed by atoms with Gasteiger partial charge in [-0.1, -0.05) is 30.9 Å². The van der Waals surface area contributed by atoms with Crippen LogP contribution in [0.4, 0.5) is 0 Å². The highest BCUT2D eigenvalue weighted by Gasteiger charge is 1.99. The molecule has 2 nitrogen and oxygen atoms in total. The van der Waals surface area contributed by atoms with Gasteiger partial charge in [0.1, 0.15) is 7.85 Å². The Kier molecular flexibility index (Phi) is 2.90. The summed E-state index contributed by atoms with van der Waals surface area (Å²) in [6, 6.07) is 3.81. The zero-order chi connectivity index (χ0) is 10.7. The normalized spacial score (nSPS) is 11.5. The lowest BCUT2D eigenvalue weighted by atomic mass is 9.97. The van der Waals surface area contributed by atoms with Gasteiger partial charge < -0.3 is 4.40 Å². The van der Waals surface area contributed by atoms with Gasteiger partial charge in [0.25, 0.3) is 0 Å². The summed E-state index contributed by atoms with van der Waals surface area (Å²) in [5, 5.41) is 0. The van der Waals surface area contributed by atoms with Crippen LogP contribution < -0.4 is 5.46 Å². The fourth-order valence-corrected chi connectivity index (χ4v) is 1.51. The Morgan fingerprint density at radius 1 is 1.53 bits per heavy atom. The van der Waals surface area contributed by atoms with Crippen molar-refractivity contribution in [2.24, 2.45) is 0 Å². The van der Waals surface area contributed by atoms with Crippen LogP contribution in [0.15, 0.2) is 30.7 Å². The molecule has 0 saturated carbocycles. The molecule has 0 atom stereocenters. The number of rotatable bonds is 3. The number of aromatic nitrogens is 2. The van der Waals surface area contributed by atoms with Crippen molar-refractivity contribution >= 4 is 24.9 Å². The highest BCUT2D eigenvalue weighted by molar-refractivity contribution is 6.32. The number of imidazole rings is 1. The number of unbranched alkanes of at least 4 members (excludes halogenated alkanes) is 1. The van der Waals surface area contributed by atoms with Crippen molar-refractivity contribution in [3.05, 3.63) is 36.4 Å². The van der Waals surface area contributed by atoms with Crippen LogP contribution in [0.2, 0.25) is 0 Å². The molecule has 2 rings (SSSR count). The van der Waals surface area contributed by atoms with Gasteiger partial charge in [-0.2, -0.15) is 0 Å². The zero-order valence-corrected chi connectivity index (χ0v) is 8.85. The second-order valence-electron chi connectivity index (χ2n) is 3.57. The largest absolute Gasteiger partial charge is 0.306 e. The van der Waals surface area contributed by atoms with E-state index in [2.05, 4.69) is 24.1 Å². The maximum absolute atomic E-state index is 5.74. The molecule has 0 aromatic carbocycles. The van der Waals surface area contributed by atoms with E-state index in [9.17, 15) is 0 Å². The van der Waals surface area contributed by atoms with Crippen molar-refractivity contribution in [1.82, 2.24) is 9.38 Å². The molecule has 0 N–H and O–H groups in total. The summed E-state index contributed by atoms with van der Waals surface area (Å²) in [5.74, 6) is 0. The molecule has 0 spiro atoms. The Bertz CT molecular complexity index is 485. The molecule has 0 aliphatic carbocycles. The Labute approximate surface area is 91.1 Å². The summed E-state index contributed by atoms with van der Waals surface area (Å²) < 4.78 is 1.97. The van der Waals surface area contributed by atoms with Crippen molar-refractivity contribution in [3.63, 3.8) is 0 Å². The van der Waals surface area contributed by atoms with Crippen molar-refractivity contribution in [2.45, 2.75) is 19.8 Å². The lowest BCUT2D eigenvalue weighted by Crippen LogP contribution is -2.02. The van der Waals surface area contributed by atoms with E-state index >= 15 is 0 Å². The minimum absolute atomic E-state index is 0.771. The molecule has 2 radical (unpaired) electrons. The Morgan fingerprint density at radius 2 is 2.40 bits per heavy atom. The molecule has 15 heavy (non-hydrogen) atoms. The van der Waals surface area contributed by atoms with Gasteiger partial charge in [-0.25, -0.2) is 4.98 Å². The van der Waals surface area contributed by atoms with Gasteiger partial charge in [0.15, 0.2) is 0 Å². The first-order chi connectivity index (χ1) is 7.31. The van der Waals surface area contributed by atoms with E-state index in [0.717, 1.165) is 29.5 Å². The van der Waals surface area contributed by atoms with Crippen LogP contribution in [-0.2, 0) is 0 Å².